The summed E-state index contributed by atoms with van der Waals surface area (Å²) in [5.74, 6) is 2.92. The Balaban J connectivity index is 1.75. The maximum absolute atomic E-state index is 13.2. The van der Waals surface area contributed by atoms with Crippen molar-refractivity contribution in [3.8, 4) is 28.7 Å². The van der Waals surface area contributed by atoms with Gasteiger partial charge in [0, 0.05) is 11.5 Å². The Hall–Kier alpha value is -4.39. The van der Waals surface area contributed by atoms with Crippen LogP contribution in [0.2, 0.25) is 0 Å². The van der Waals surface area contributed by atoms with E-state index in [2.05, 4.69) is 0 Å². The molecule has 0 bridgehead atoms. The topological polar surface area (TPSA) is 76.4 Å². The van der Waals surface area contributed by atoms with E-state index in [4.69, 9.17) is 28.1 Å². The van der Waals surface area contributed by atoms with E-state index in [0.717, 1.165) is 11.1 Å². The molecular weight excluding hydrogens is 448 g/mol. The van der Waals surface area contributed by atoms with Crippen LogP contribution >= 0.6 is 0 Å². The molecule has 0 amide bonds. The fourth-order valence-corrected chi connectivity index (χ4v) is 4.35. The van der Waals surface area contributed by atoms with Crippen molar-refractivity contribution in [3.63, 3.8) is 0 Å². The minimum absolute atomic E-state index is 0.417. The average molecular weight is 472 g/mol. The molecule has 0 unspecified atom stereocenters. The molecule has 0 aliphatic carbocycles. The Morgan fingerprint density at radius 1 is 0.743 bits per heavy atom. The molecule has 35 heavy (non-hydrogen) atoms. The summed E-state index contributed by atoms with van der Waals surface area (Å²) in [6.07, 6.45) is 1.90. The zero-order valence-electron chi connectivity index (χ0n) is 19.8. The van der Waals surface area contributed by atoms with Gasteiger partial charge in [0.05, 0.1) is 39.4 Å². The predicted octanol–water partition coefficient (Wildman–Crippen LogP) is 5.39. The van der Waals surface area contributed by atoms with Crippen LogP contribution < -0.4 is 29.3 Å². The average Bonchev–Trinajstić information content (AvgIpc) is 2.91. The van der Waals surface area contributed by atoms with Crippen LogP contribution in [0.5, 0.6) is 28.7 Å². The van der Waals surface area contributed by atoms with E-state index in [1.807, 2.05) is 60.7 Å². The third-order valence-electron chi connectivity index (χ3n) is 6.07. The lowest BCUT2D eigenvalue weighted by molar-refractivity contribution is 0.354. The molecule has 1 aliphatic rings. The summed E-state index contributed by atoms with van der Waals surface area (Å²) in [5, 5.41) is 0.707. The lowest BCUT2D eigenvalue weighted by Gasteiger charge is -2.26. The van der Waals surface area contributed by atoms with Crippen LogP contribution in [0.25, 0.3) is 16.7 Å². The summed E-state index contributed by atoms with van der Waals surface area (Å²) in [7, 11) is 6.32. The summed E-state index contributed by atoms with van der Waals surface area (Å²) in [4.78, 5) is 13.2. The van der Waals surface area contributed by atoms with Crippen molar-refractivity contribution in [2.45, 2.75) is 5.92 Å². The molecule has 5 rings (SSSR count). The van der Waals surface area contributed by atoms with Gasteiger partial charge in [0.1, 0.15) is 17.1 Å². The number of para-hydroxylation sites is 1. The SMILES string of the molecule is COc1ccc(C2=C[C@@H](c3ccc(OC)c(OC)c3)c3c(c4ccccc4oc3=O)O2)cc1OC. The van der Waals surface area contributed by atoms with E-state index in [1.165, 1.54) is 0 Å². The fourth-order valence-electron chi connectivity index (χ4n) is 4.35. The molecule has 7 nitrogen and oxygen atoms in total. The Morgan fingerprint density at radius 3 is 2.11 bits per heavy atom. The highest BCUT2D eigenvalue weighted by Crippen LogP contribution is 2.45. The molecule has 3 aromatic carbocycles. The van der Waals surface area contributed by atoms with Gasteiger partial charge < -0.3 is 28.1 Å². The van der Waals surface area contributed by atoms with Crippen molar-refractivity contribution in [3.05, 3.63) is 93.9 Å². The lowest BCUT2D eigenvalue weighted by atomic mass is 9.87. The van der Waals surface area contributed by atoms with E-state index in [1.54, 1.807) is 34.5 Å². The lowest BCUT2D eigenvalue weighted by Crippen LogP contribution is -2.19. The first-order chi connectivity index (χ1) is 17.1. The number of rotatable bonds is 6. The van der Waals surface area contributed by atoms with Gasteiger partial charge in [-0.3, -0.25) is 0 Å². The summed E-state index contributed by atoms with van der Waals surface area (Å²) in [5.41, 5.74) is 2.01. The van der Waals surface area contributed by atoms with Gasteiger partial charge in [0.25, 0.3) is 0 Å². The number of methoxy groups -OCH3 is 4. The zero-order chi connectivity index (χ0) is 24.5. The molecule has 7 heteroatoms. The van der Waals surface area contributed by atoms with Crippen LogP contribution in [-0.2, 0) is 0 Å². The Bertz CT molecular complexity index is 1500. The van der Waals surface area contributed by atoms with Crippen LogP contribution in [0.15, 0.2) is 76.0 Å². The predicted molar refractivity (Wildman–Crippen MR) is 132 cm³/mol. The normalized spacial score (nSPS) is 14.5. The molecule has 0 radical (unpaired) electrons. The minimum Gasteiger partial charge on any atom is -0.493 e. The number of fused-ring (bicyclic) bond motifs is 3. The summed E-state index contributed by atoms with van der Waals surface area (Å²) in [6.45, 7) is 0. The summed E-state index contributed by atoms with van der Waals surface area (Å²) in [6, 6.07) is 18.4. The van der Waals surface area contributed by atoms with Gasteiger partial charge in [-0.15, -0.1) is 0 Å². The molecule has 2 heterocycles. The maximum Gasteiger partial charge on any atom is 0.344 e. The molecule has 1 aromatic heterocycles. The minimum atomic E-state index is -0.457. The van der Waals surface area contributed by atoms with Crippen molar-refractivity contribution < 1.29 is 28.1 Å². The third-order valence-corrected chi connectivity index (χ3v) is 6.07. The van der Waals surface area contributed by atoms with Crippen LogP contribution in [0, 0.1) is 0 Å². The zero-order valence-corrected chi connectivity index (χ0v) is 19.8. The largest absolute Gasteiger partial charge is 0.493 e. The third kappa shape index (κ3) is 3.85. The molecule has 4 aromatic rings. The van der Waals surface area contributed by atoms with E-state index < -0.39 is 11.5 Å². The highest BCUT2D eigenvalue weighted by Gasteiger charge is 2.31. The maximum atomic E-state index is 13.2. The van der Waals surface area contributed by atoms with E-state index in [9.17, 15) is 4.79 Å². The van der Waals surface area contributed by atoms with Gasteiger partial charge in [-0.2, -0.15) is 0 Å². The first-order valence-corrected chi connectivity index (χ1v) is 11.0. The molecule has 178 valence electrons. The Labute approximate surface area is 202 Å². The first-order valence-electron chi connectivity index (χ1n) is 11.0. The second-order valence-electron chi connectivity index (χ2n) is 7.92. The molecular formula is C28H24O7. The van der Waals surface area contributed by atoms with Crippen molar-refractivity contribution >= 4 is 16.7 Å². The van der Waals surface area contributed by atoms with Crippen molar-refractivity contribution in [2.24, 2.45) is 0 Å². The number of hydrogen-bond donors (Lipinski definition) is 0. The fraction of sp³-hybridized carbons (Fsp3) is 0.179. The first kappa shape index (κ1) is 22.4. The van der Waals surface area contributed by atoms with Crippen LogP contribution in [-0.4, -0.2) is 28.4 Å². The second kappa shape index (κ2) is 9.10. The van der Waals surface area contributed by atoms with E-state index in [-0.39, 0.29) is 0 Å². The number of ether oxygens (including phenoxy) is 5. The van der Waals surface area contributed by atoms with Crippen LogP contribution in [0.4, 0.5) is 0 Å². The van der Waals surface area contributed by atoms with Gasteiger partial charge in [0.2, 0.25) is 0 Å². The molecule has 1 atom stereocenters. The number of hydrogen-bond acceptors (Lipinski definition) is 7. The van der Waals surface area contributed by atoms with E-state index in [0.29, 0.717) is 51.0 Å². The Kier molecular flexibility index (Phi) is 5.82. The van der Waals surface area contributed by atoms with E-state index >= 15 is 0 Å². The van der Waals surface area contributed by atoms with Gasteiger partial charge in [-0.05, 0) is 54.1 Å². The van der Waals surface area contributed by atoms with Crippen LogP contribution in [0.3, 0.4) is 0 Å². The van der Waals surface area contributed by atoms with Gasteiger partial charge in [0.15, 0.2) is 23.0 Å². The second-order valence-corrected chi connectivity index (χ2v) is 7.92. The smallest absolute Gasteiger partial charge is 0.344 e. The number of allylic oxidation sites excluding steroid dienone is 1. The van der Waals surface area contributed by atoms with Gasteiger partial charge >= 0.3 is 5.63 Å². The quantitative estimate of drug-likeness (QED) is 0.348. The highest BCUT2D eigenvalue weighted by molar-refractivity contribution is 5.87. The van der Waals surface area contributed by atoms with Crippen LogP contribution in [0.1, 0.15) is 22.6 Å². The highest BCUT2D eigenvalue weighted by atomic mass is 16.5. The molecule has 0 saturated heterocycles. The van der Waals surface area contributed by atoms with Crippen molar-refractivity contribution in [1.82, 2.24) is 0 Å². The number of benzene rings is 3. The molecule has 0 fully saturated rings. The molecule has 0 N–H and O–H groups in total. The molecule has 1 aliphatic heterocycles. The molecule has 0 saturated carbocycles. The summed E-state index contributed by atoms with van der Waals surface area (Å²) < 4.78 is 33.8. The monoisotopic (exact) mass is 472 g/mol. The summed E-state index contributed by atoms with van der Waals surface area (Å²) >= 11 is 0. The van der Waals surface area contributed by atoms with Gasteiger partial charge in [-0.25, -0.2) is 4.79 Å². The van der Waals surface area contributed by atoms with Crippen molar-refractivity contribution in [1.29, 1.82) is 0 Å². The molecule has 0 spiro atoms. The standard InChI is InChI=1S/C28H24O7/c1-30-21-11-9-16(13-24(21)32-3)19-15-23(17-10-12-22(31-2)25(14-17)33-4)34-27-18-7-5-6-8-20(18)35-28(29)26(19)27/h5-15,19H,1-4H3/t19-/m0/s1. The van der Waals surface area contributed by atoms with Gasteiger partial charge in [-0.1, -0.05) is 18.2 Å². The van der Waals surface area contributed by atoms with Crippen molar-refractivity contribution in [2.75, 3.05) is 28.4 Å². The Morgan fingerprint density at radius 2 is 1.40 bits per heavy atom.